The molecule has 0 fully saturated rings. The van der Waals surface area contributed by atoms with Crippen molar-refractivity contribution in [1.82, 2.24) is 20.7 Å². The Morgan fingerprint density at radius 1 is 1.65 bits per heavy atom. The van der Waals surface area contributed by atoms with E-state index in [2.05, 4.69) is 25.7 Å². The van der Waals surface area contributed by atoms with Crippen LogP contribution in [-0.2, 0) is 11.3 Å². The molecule has 1 aromatic heterocycles. The van der Waals surface area contributed by atoms with Gasteiger partial charge in [0.2, 0.25) is 5.96 Å². The molecule has 1 heterocycles. The lowest BCUT2D eigenvalue weighted by Crippen LogP contribution is -2.42. The molecule has 0 atom stereocenters. The number of nitrogens with two attached hydrogens (primary N) is 1. The summed E-state index contributed by atoms with van der Waals surface area (Å²) in [5, 5.41) is 3.09. The lowest BCUT2D eigenvalue weighted by Gasteiger charge is -2.08. The molecule has 1 aromatic rings. The molecule has 0 saturated heterocycles. The summed E-state index contributed by atoms with van der Waals surface area (Å²) < 4.78 is 5.22. The predicted molar refractivity (Wildman–Crippen MR) is 66.2 cm³/mol. The monoisotopic (exact) mass is 240 g/mol. The summed E-state index contributed by atoms with van der Waals surface area (Å²) in [6.45, 7) is 4.74. The Morgan fingerprint density at radius 3 is 3.18 bits per heavy atom. The fraction of sp³-hybridized carbons (Fsp3) is 0.600. The molecule has 7 heteroatoms. The summed E-state index contributed by atoms with van der Waals surface area (Å²) >= 11 is 0. The molecule has 0 unspecified atom stereocenters. The van der Waals surface area contributed by atoms with Gasteiger partial charge < -0.3 is 15.0 Å². The maximum atomic E-state index is 5.35. The SMILES string of the molecule is CCOCCCNC(=NCc1cnc[nH]1)NN. The van der Waals surface area contributed by atoms with Crippen molar-refractivity contribution < 1.29 is 4.74 Å². The van der Waals surface area contributed by atoms with E-state index in [0.29, 0.717) is 12.5 Å². The first-order chi connectivity index (χ1) is 8.36. The van der Waals surface area contributed by atoms with Crippen LogP contribution in [0.15, 0.2) is 17.5 Å². The minimum Gasteiger partial charge on any atom is -0.382 e. The largest absolute Gasteiger partial charge is 0.382 e. The molecule has 0 aliphatic rings. The van der Waals surface area contributed by atoms with Crippen LogP contribution in [-0.4, -0.2) is 35.7 Å². The lowest BCUT2D eigenvalue weighted by atomic mass is 10.4. The molecule has 17 heavy (non-hydrogen) atoms. The van der Waals surface area contributed by atoms with Crippen molar-refractivity contribution in [1.29, 1.82) is 0 Å². The van der Waals surface area contributed by atoms with Gasteiger partial charge in [-0.05, 0) is 13.3 Å². The molecule has 0 spiro atoms. The summed E-state index contributed by atoms with van der Waals surface area (Å²) in [6, 6.07) is 0. The highest BCUT2D eigenvalue weighted by atomic mass is 16.5. The Bertz CT molecular complexity index is 311. The number of aromatic amines is 1. The van der Waals surface area contributed by atoms with Gasteiger partial charge in [0, 0.05) is 26.0 Å². The predicted octanol–water partition coefficient (Wildman–Crippen LogP) is -0.255. The molecular weight excluding hydrogens is 220 g/mol. The van der Waals surface area contributed by atoms with Gasteiger partial charge in [-0.25, -0.2) is 15.8 Å². The topological polar surface area (TPSA) is 100 Å². The summed E-state index contributed by atoms with van der Waals surface area (Å²) in [6.07, 6.45) is 4.27. The zero-order valence-electron chi connectivity index (χ0n) is 10.1. The third-order valence-electron chi connectivity index (χ3n) is 2.06. The number of hydrogen-bond donors (Lipinski definition) is 4. The van der Waals surface area contributed by atoms with E-state index in [1.54, 1.807) is 12.5 Å². The fourth-order valence-electron chi connectivity index (χ4n) is 1.21. The molecule has 0 saturated carbocycles. The van der Waals surface area contributed by atoms with Crippen molar-refractivity contribution in [3.05, 3.63) is 18.2 Å². The first kappa shape index (κ1) is 13.5. The van der Waals surface area contributed by atoms with E-state index in [1.165, 1.54) is 0 Å². The smallest absolute Gasteiger partial charge is 0.206 e. The van der Waals surface area contributed by atoms with Crippen LogP contribution in [0.4, 0.5) is 0 Å². The second-order valence-corrected chi connectivity index (χ2v) is 3.36. The highest BCUT2D eigenvalue weighted by Crippen LogP contribution is 1.92. The number of ether oxygens (including phenoxy) is 1. The number of imidazole rings is 1. The lowest BCUT2D eigenvalue weighted by molar-refractivity contribution is 0.145. The Kier molecular flexibility index (Phi) is 6.76. The Balaban J connectivity index is 2.20. The number of nitrogens with zero attached hydrogens (tertiary/aromatic N) is 2. The third kappa shape index (κ3) is 5.88. The van der Waals surface area contributed by atoms with Gasteiger partial charge in [0.15, 0.2) is 0 Å². The highest BCUT2D eigenvalue weighted by molar-refractivity contribution is 5.79. The van der Waals surface area contributed by atoms with Crippen LogP contribution < -0.4 is 16.6 Å². The number of aliphatic imine (C=N–C) groups is 1. The first-order valence-corrected chi connectivity index (χ1v) is 5.66. The first-order valence-electron chi connectivity index (χ1n) is 5.66. The number of nitrogens with one attached hydrogen (secondary N) is 3. The maximum absolute atomic E-state index is 5.35. The zero-order valence-corrected chi connectivity index (χ0v) is 10.1. The van der Waals surface area contributed by atoms with E-state index >= 15 is 0 Å². The number of guanidine groups is 1. The van der Waals surface area contributed by atoms with Gasteiger partial charge >= 0.3 is 0 Å². The minimum atomic E-state index is 0.512. The highest BCUT2D eigenvalue weighted by Gasteiger charge is 1.96. The molecule has 96 valence electrons. The van der Waals surface area contributed by atoms with E-state index in [0.717, 1.165) is 31.9 Å². The van der Waals surface area contributed by atoms with Crippen LogP contribution >= 0.6 is 0 Å². The molecule has 7 nitrogen and oxygen atoms in total. The summed E-state index contributed by atoms with van der Waals surface area (Å²) in [7, 11) is 0. The van der Waals surface area contributed by atoms with Crippen molar-refractivity contribution in [2.75, 3.05) is 19.8 Å². The molecule has 0 aliphatic carbocycles. The zero-order chi connectivity index (χ0) is 12.3. The summed E-state index contributed by atoms with van der Waals surface area (Å²) in [4.78, 5) is 11.1. The van der Waals surface area contributed by atoms with Crippen LogP contribution in [0.25, 0.3) is 0 Å². The Labute approximate surface area is 101 Å². The van der Waals surface area contributed by atoms with E-state index < -0.39 is 0 Å². The number of H-pyrrole nitrogens is 1. The Hall–Kier alpha value is -1.60. The van der Waals surface area contributed by atoms with Gasteiger partial charge in [-0.3, -0.25) is 5.43 Å². The van der Waals surface area contributed by atoms with Crippen molar-refractivity contribution in [2.45, 2.75) is 19.9 Å². The van der Waals surface area contributed by atoms with Crippen LogP contribution in [0.5, 0.6) is 0 Å². The van der Waals surface area contributed by atoms with Gasteiger partial charge in [-0.2, -0.15) is 0 Å². The van der Waals surface area contributed by atoms with E-state index in [9.17, 15) is 0 Å². The fourth-order valence-corrected chi connectivity index (χ4v) is 1.21. The third-order valence-corrected chi connectivity index (χ3v) is 2.06. The van der Waals surface area contributed by atoms with Gasteiger partial charge in [0.05, 0.1) is 18.6 Å². The quantitative estimate of drug-likeness (QED) is 0.173. The molecular formula is C10H20N6O. The van der Waals surface area contributed by atoms with E-state index in [4.69, 9.17) is 10.6 Å². The molecule has 0 amide bonds. The van der Waals surface area contributed by atoms with Gasteiger partial charge in [0.25, 0.3) is 0 Å². The van der Waals surface area contributed by atoms with Crippen LogP contribution in [0.1, 0.15) is 19.0 Å². The molecule has 5 N–H and O–H groups in total. The van der Waals surface area contributed by atoms with Gasteiger partial charge in [-0.1, -0.05) is 0 Å². The van der Waals surface area contributed by atoms with Crippen molar-refractivity contribution in [3.63, 3.8) is 0 Å². The van der Waals surface area contributed by atoms with Crippen LogP contribution in [0.2, 0.25) is 0 Å². The second-order valence-electron chi connectivity index (χ2n) is 3.36. The second kappa shape index (κ2) is 8.54. The summed E-state index contributed by atoms with van der Waals surface area (Å²) in [5.41, 5.74) is 3.46. The van der Waals surface area contributed by atoms with Crippen molar-refractivity contribution in [3.8, 4) is 0 Å². The average Bonchev–Trinajstić information content (AvgIpc) is 2.86. The molecule has 0 aliphatic heterocycles. The van der Waals surface area contributed by atoms with Crippen molar-refractivity contribution in [2.24, 2.45) is 10.8 Å². The maximum Gasteiger partial charge on any atom is 0.206 e. The Morgan fingerprint density at radius 2 is 2.53 bits per heavy atom. The average molecular weight is 240 g/mol. The number of hydrazine groups is 1. The van der Waals surface area contributed by atoms with Gasteiger partial charge in [0.1, 0.15) is 0 Å². The normalized spacial score (nSPS) is 11.5. The van der Waals surface area contributed by atoms with E-state index in [1.807, 2.05) is 6.92 Å². The minimum absolute atomic E-state index is 0.512. The molecule has 1 rings (SSSR count). The molecule has 0 aromatic carbocycles. The molecule has 0 radical (unpaired) electrons. The summed E-state index contributed by atoms with van der Waals surface area (Å²) in [5.74, 6) is 5.92. The van der Waals surface area contributed by atoms with Crippen LogP contribution in [0.3, 0.4) is 0 Å². The number of aromatic nitrogens is 2. The van der Waals surface area contributed by atoms with Crippen molar-refractivity contribution >= 4 is 5.96 Å². The number of rotatable bonds is 7. The van der Waals surface area contributed by atoms with Crippen LogP contribution in [0, 0.1) is 0 Å². The standard InChI is InChI=1S/C10H20N6O/c1-2-17-5-3-4-13-10(16-11)14-7-9-6-12-8-15-9/h6,8H,2-5,7,11H2,1H3,(H,12,15)(H2,13,14,16). The molecule has 0 bridgehead atoms. The van der Waals surface area contributed by atoms with Gasteiger partial charge in [-0.15, -0.1) is 0 Å². The number of hydrogen-bond acceptors (Lipinski definition) is 4. The van der Waals surface area contributed by atoms with E-state index in [-0.39, 0.29) is 0 Å².